The van der Waals surface area contributed by atoms with Gasteiger partial charge in [-0.15, -0.1) is 22.7 Å². The molecular formula is C21H23N3O3S2. The molecule has 0 spiro atoms. The number of nitrogens with zero attached hydrogens (tertiary/aromatic N) is 1. The predicted molar refractivity (Wildman–Crippen MR) is 115 cm³/mol. The minimum atomic E-state index is -0.467. The summed E-state index contributed by atoms with van der Waals surface area (Å²) in [5.41, 5.74) is 7.15. The molecule has 0 atom stereocenters. The molecule has 0 unspecified atom stereocenters. The number of rotatable bonds is 8. The molecule has 2 amide bonds. The van der Waals surface area contributed by atoms with Gasteiger partial charge in [-0.2, -0.15) is 0 Å². The molecule has 29 heavy (non-hydrogen) atoms. The molecule has 3 heterocycles. The highest BCUT2D eigenvalue weighted by Gasteiger charge is 2.25. The van der Waals surface area contributed by atoms with Crippen LogP contribution in [0.2, 0.25) is 0 Å². The number of furan rings is 1. The van der Waals surface area contributed by atoms with Crippen LogP contribution in [0, 0.1) is 0 Å². The fourth-order valence-electron chi connectivity index (χ4n) is 3.70. The van der Waals surface area contributed by atoms with Crippen LogP contribution in [0.25, 0.3) is 0 Å². The second kappa shape index (κ2) is 8.94. The Morgan fingerprint density at radius 1 is 1.17 bits per heavy atom. The highest BCUT2D eigenvalue weighted by Crippen LogP contribution is 2.37. The summed E-state index contributed by atoms with van der Waals surface area (Å²) in [4.78, 5) is 29.3. The van der Waals surface area contributed by atoms with Crippen molar-refractivity contribution in [3.05, 3.63) is 62.6 Å². The highest BCUT2D eigenvalue weighted by atomic mass is 32.1. The van der Waals surface area contributed by atoms with E-state index in [0.717, 1.165) is 37.0 Å². The van der Waals surface area contributed by atoms with E-state index < -0.39 is 5.91 Å². The standard InChI is InChI=1S/C21H23N3O3S2/c22-20(26)19-16-7-1-2-8-17(16)29-21(19)23-18(25)13-24(11-14-5-3-9-27-14)12-15-6-4-10-28-15/h3-6,9-10H,1-2,7-8,11-13H2,(H2,22,26)(H,23,25). The van der Waals surface area contributed by atoms with Crippen LogP contribution in [-0.2, 0) is 30.7 Å². The molecule has 0 saturated carbocycles. The molecular weight excluding hydrogens is 406 g/mol. The summed E-state index contributed by atoms with van der Waals surface area (Å²) in [5, 5.41) is 5.56. The average Bonchev–Trinajstić information content (AvgIpc) is 3.41. The largest absolute Gasteiger partial charge is 0.468 e. The highest BCUT2D eigenvalue weighted by molar-refractivity contribution is 7.17. The number of hydrogen-bond donors (Lipinski definition) is 2. The van der Waals surface area contributed by atoms with Gasteiger partial charge in [-0.1, -0.05) is 6.07 Å². The summed E-state index contributed by atoms with van der Waals surface area (Å²) in [6.45, 7) is 1.37. The van der Waals surface area contributed by atoms with Gasteiger partial charge in [0.1, 0.15) is 10.8 Å². The Hall–Kier alpha value is -2.42. The molecule has 3 aromatic rings. The van der Waals surface area contributed by atoms with Crippen molar-refractivity contribution in [2.75, 3.05) is 11.9 Å². The van der Waals surface area contributed by atoms with Gasteiger partial charge in [0.05, 0.1) is 24.9 Å². The average molecular weight is 430 g/mol. The molecule has 6 nitrogen and oxygen atoms in total. The zero-order valence-corrected chi connectivity index (χ0v) is 17.6. The lowest BCUT2D eigenvalue weighted by molar-refractivity contribution is -0.117. The van der Waals surface area contributed by atoms with E-state index in [1.165, 1.54) is 21.1 Å². The first kappa shape index (κ1) is 19.9. The van der Waals surface area contributed by atoms with E-state index in [4.69, 9.17) is 10.2 Å². The van der Waals surface area contributed by atoms with Crippen molar-refractivity contribution in [3.8, 4) is 0 Å². The molecule has 3 aromatic heterocycles. The lowest BCUT2D eigenvalue weighted by Crippen LogP contribution is -2.32. The summed E-state index contributed by atoms with van der Waals surface area (Å²) in [6, 6.07) is 7.79. The van der Waals surface area contributed by atoms with Gasteiger partial charge < -0.3 is 15.5 Å². The molecule has 0 bridgehead atoms. The molecule has 8 heteroatoms. The number of nitrogens with two attached hydrogens (primary N) is 1. The van der Waals surface area contributed by atoms with Gasteiger partial charge in [0.2, 0.25) is 5.91 Å². The van der Waals surface area contributed by atoms with Gasteiger partial charge in [-0.3, -0.25) is 14.5 Å². The fraction of sp³-hybridized carbons (Fsp3) is 0.333. The van der Waals surface area contributed by atoms with Crippen molar-refractivity contribution in [3.63, 3.8) is 0 Å². The van der Waals surface area contributed by atoms with Crippen LogP contribution in [0.5, 0.6) is 0 Å². The number of primary amides is 1. The Labute approximate surface area is 177 Å². The minimum Gasteiger partial charge on any atom is -0.468 e. The molecule has 0 aliphatic heterocycles. The van der Waals surface area contributed by atoms with E-state index in [1.807, 2.05) is 28.5 Å². The smallest absolute Gasteiger partial charge is 0.251 e. The number of anilines is 1. The summed E-state index contributed by atoms with van der Waals surface area (Å²) in [6.07, 6.45) is 5.59. The maximum Gasteiger partial charge on any atom is 0.251 e. The first-order valence-corrected chi connectivity index (χ1v) is 11.3. The van der Waals surface area contributed by atoms with Crippen LogP contribution in [0.4, 0.5) is 5.00 Å². The number of thiophene rings is 2. The third-order valence-corrected chi connectivity index (χ3v) is 7.03. The van der Waals surface area contributed by atoms with Gasteiger partial charge >= 0.3 is 0 Å². The fourth-order valence-corrected chi connectivity index (χ4v) is 5.75. The normalized spacial score (nSPS) is 13.4. The maximum atomic E-state index is 12.8. The second-order valence-electron chi connectivity index (χ2n) is 7.13. The lowest BCUT2D eigenvalue weighted by Gasteiger charge is -2.20. The number of fused-ring (bicyclic) bond motifs is 1. The van der Waals surface area contributed by atoms with Gasteiger partial charge in [-0.25, -0.2) is 0 Å². The first-order valence-electron chi connectivity index (χ1n) is 9.61. The number of aryl methyl sites for hydroxylation is 1. The van der Waals surface area contributed by atoms with E-state index in [0.29, 0.717) is 23.7 Å². The number of hydrogen-bond acceptors (Lipinski definition) is 6. The monoisotopic (exact) mass is 429 g/mol. The van der Waals surface area contributed by atoms with Crippen molar-refractivity contribution in [1.29, 1.82) is 0 Å². The number of carbonyl (C=O) groups excluding carboxylic acids is 2. The molecule has 152 valence electrons. The van der Waals surface area contributed by atoms with Crippen LogP contribution in [0.1, 0.15) is 44.3 Å². The van der Waals surface area contributed by atoms with Crippen LogP contribution < -0.4 is 11.1 Å². The molecule has 0 aromatic carbocycles. The van der Waals surface area contributed by atoms with E-state index >= 15 is 0 Å². The van der Waals surface area contributed by atoms with E-state index in [9.17, 15) is 9.59 Å². The Kier molecular flexibility index (Phi) is 6.13. The summed E-state index contributed by atoms with van der Waals surface area (Å²) in [5.74, 6) is 0.179. The first-order chi connectivity index (χ1) is 14.1. The zero-order valence-electron chi connectivity index (χ0n) is 16.0. The third kappa shape index (κ3) is 4.77. The Balaban J connectivity index is 1.49. The molecule has 0 saturated heterocycles. The van der Waals surface area contributed by atoms with E-state index in [1.54, 1.807) is 17.6 Å². The SMILES string of the molecule is NC(=O)c1c(NC(=O)CN(Cc2ccco2)Cc2cccs2)sc2c1CCCC2. The topological polar surface area (TPSA) is 88.6 Å². The molecule has 4 rings (SSSR count). The summed E-state index contributed by atoms with van der Waals surface area (Å²) < 4.78 is 5.46. The second-order valence-corrected chi connectivity index (χ2v) is 9.27. The summed E-state index contributed by atoms with van der Waals surface area (Å²) >= 11 is 3.15. The zero-order chi connectivity index (χ0) is 20.2. The number of carbonyl (C=O) groups is 2. The summed E-state index contributed by atoms with van der Waals surface area (Å²) in [7, 11) is 0. The van der Waals surface area contributed by atoms with Gasteiger partial charge in [-0.05, 0) is 54.8 Å². The van der Waals surface area contributed by atoms with Crippen LogP contribution in [0.15, 0.2) is 40.3 Å². The molecule has 1 aliphatic carbocycles. The number of nitrogens with one attached hydrogen (secondary N) is 1. The van der Waals surface area contributed by atoms with Gasteiger partial charge in [0, 0.05) is 16.3 Å². The van der Waals surface area contributed by atoms with Crippen molar-refractivity contribution in [1.82, 2.24) is 4.90 Å². The van der Waals surface area contributed by atoms with Crippen molar-refractivity contribution >= 4 is 39.5 Å². The molecule has 0 fully saturated rings. The van der Waals surface area contributed by atoms with Crippen LogP contribution in [-0.4, -0.2) is 23.3 Å². The predicted octanol–water partition coefficient (Wildman–Crippen LogP) is 4.02. The van der Waals surface area contributed by atoms with Crippen molar-refractivity contribution in [2.45, 2.75) is 38.8 Å². The van der Waals surface area contributed by atoms with Crippen LogP contribution >= 0.6 is 22.7 Å². The Morgan fingerprint density at radius 3 is 2.76 bits per heavy atom. The van der Waals surface area contributed by atoms with Gasteiger partial charge in [0.25, 0.3) is 5.91 Å². The van der Waals surface area contributed by atoms with Crippen molar-refractivity contribution in [2.24, 2.45) is 5.73 Å². The van der Waals surface area contributed by atoms with Crippen molar-refractivity contribution < 1.29 is 14.0 Å². The molecule has 0 radical (unpaired) electrons. The maximum absolute atomic E-state index is 12.8. The molecule has 1 aliphatic rings. The van der Waals surface area contributed by atoms with E-state index in [2.05, 4.69) is 11.4 Å². The van der Waals surface area contributed by atoms with Gasteiger partial charge in [0.15, 0.2) is 0 Å². The third-order valence-electron chi connectivity index (χ3n) is 4.96. The van der Waals surface area contributed by atoms with E-state index in [-0.39, 0.29) is 12.5 Å². The lowest BCUT2D eigenvalue weighted by atomic mass is 9.95. The quantitative estimate of drug-likeness (QED) is 0.566. The molecule has 3 N–H and O–H groups in total. The van der Waals surface area contributed by atoms with Crippen LogP contribution in [0.3, 0.4) is 0 Å². The Morgan fingerprint density at radius 2 is 2.03 bits per heavy atom. The minimum absolute atomic E-state index is 0.158. The Bertz CT molecular complexity index is 941. The number of amides is 2.